The zero-order chi connectivity index (χ0) is 22.3. The predicted molar refractivity (Wildman–Crippen MR) is 122 cm³/mol. The summed E-state index contributed by atoms with van der Waals surface area (Å²) in [6.45, 7) is 5.01. The van der Waals surface area contributed by atoms with Crippen molar-refractivity contribution in [3.8, 4) is 16.9 Å². The van der Waals surface area contributed by atoms with Crippen LogP contribution in [0.4, 0.5) is 0 Å². The molecular formula is C26H34O5. The van der Waals surface area contributed by atoms with E-state index in [4.69, 9.17) is 14.2 Å². The third-order valence-electron chi connectivity index (χ3n) is 4.90. The standard InChI is InChI=1S/C26H34O5/c1-3-4-5-6-7-19-30-25-16-14-23(15-17-25)22-10-12-24(13-11-22)26(28)31-20-9-8-18-29-21(2)27/h10-17H,3-9,18-20H2,1-2H3. The summed E-state index contributed by atoms with van der Waals surface area (Å²) in [6, 6.07) is 15.4. The first-order valence-electron chi connectivity index (χ1n) is 11.2. The van der Waals surface area contributed by atoms with Crippen LogP contribution in [0.1, 0.15) is 69.2 Å². The molecule has 0 radical (unpaired) electrons. The molecule has 0 fully saturated rings. The van der Waals surface area contributed by atoms with E-state index in [0.29, 0.717) is 31.6 Å². The van der Waals surface area contributed by atoms with Crippen LogP contribution in [0.2, 0.25) is 0 Å². The van der Waals surface area contributed by atoms with E-state index in [1.807, 2.05) is 36.4 Å². The molecule has 31 heavy (non-hydrogen) atoms. The summed E-state index contributed by atoms with van der Waals surface area (Å²) in [7, 11) is 0. The Morgan fingerprint density at radius 1 is 0.677 bits per heavy atom. The van der Waals surface area contributed by atoms with Gasteiger partial charge in [-0.05, 0) is 54.7 Å². The smallest absolute Gasteiger partial charge is 0.338 e. The van der Waals surface area contributed by atoms with Crippen LogP contribution in [-0.4, -0.2) is 31.8 Å². The second-order valence-electron chi connectivity index (χ2n) is 7.55. The number of carbonyl (C=O) groups excluding carboxylic acids is 2. The predicted octanol–water partition coefficient (Wildman–Crippen LogP) is 6.20. The summed E-state index contributed by atoms with van der Waals surface area (Å²) in [6.07, 6.45) is 7.46. The molecule has 0 aliphatic heterocycles. The second kappa shape index (κ2) is 14.2. The van der Waals surface area contributed by atoms with Gasteiger partial charge in [-0.25, -0.2) is 4.79 Å². The number of ether oxygens (including phenoxy) is 3. The molecule has 5 heteroatoms. The lowest BCUT2D eigenvalue weighted by atomic mass is 10.0. The molecule has 2 aromatic carbocycles. The van der Waals surface area contributed by atoms with Crippen molar-refractivity contribution in [2.75, 3.05) is 19.8 Å². The van der Waals surface area contributed by atoms with Crippen LogP contribution in [0.15, 0.2) is 48.5 Å². The van der Waals surface area contributed by atoms with E-state index in [1.54, 1.807) is 12.1 Å². The zero-order valence-electron chi connectivity index (χ0n) is 18.7. The van der Waals surface area contributed by atoms with Gasteiger partial charge in [-0.2, -0.15) is 0 Å². The van der Waals surface area contributed by atoms with Crippen LogP contribution in [0, 0.1) is 0 Å². The Labute approximate surface area is 185 Å². The van der Waals surface area contributed by atoms with Crippen LogP contribution in [-0.2, 0) is 14.3 Å². The number of carbonyl (C=O) groups is 2. The molecule has 0 unspecified atom stereocenters. The number of benzene rings is 2. The van der Waals surface area contributed by atoms with Crippen LogP contribution in [0.25, 0.3) is 11.1 Å². The molecule has 0 saturated carbocycles. The Hall–Kier alpha value is -2.82. The maximum absolute atomic E-state index is 12.1. The highest BCUT2D eigenvalue weighted by Crippen LogP contribution is 2.23. The van der Waals surface area contributed by atoms with Gasteiger partial charge in [0.2, 0.25) is 0 Å². The fourth-order valence-corrected chi connectivity index (χ4v) is 3.11. The van der Waals surface area contributed by atoms with Crippen molar-refractivity contribution >= 4 is 11.9 Å². The van der Waals surface area contributed by atoms with Gasteiger partial charge in [0.15, 0.2) is 0 Å². The molecule has 5 nitrogen and oxygen atoms in total. The lowest BCUT2D eigenvalue weighted by Gasteiger charge is -2.08. The maximum Gasteiger partial charge on any atom is 0.338 e. The topological polar surface area (TPSA) is 61.8 Å². The van der Waals surface area contributed by atoms with Gasteiger partial charge in [0, 0.05) is 6.92 Å². The van der Waals surface area contributed by atoms with E-state index in [0.717, 1.165) is 29.9 Å². The first-order valence-corrected chi connectivity index (χ1v) is 11.2. The van der Waals surface area contributed by atoms with Crippen molar-refractivity contribution in [1.82, 2.24) is 0 Å². The van der Waals surface area contributed by atoms with Crippen molar-refractivity contribution in [2.45, 2.75) is 58.8 Å². The van der Waals surface area contributed by atoms with Gasteiger partial charge < -0.3 is 14.2 Å². The lowest BCUT2D eigenvalue weighted by molar-refractivity contribution is -0.141. The number of rotatable bonds is 14. The summed E-state index contributed by atoms with van der Waals surface area (Å²) in [4.78, 5) is 22.8. The van der Waals surface area contributed by atoms with E-state index >= 15 is 0 Å². The minimum atomic E-state index is -0.346. The third-order valence-corrected chi connectivity index (χ3v) is 4.90. The Morgan fingerprint density at radius 3 is 1.84 bits per heavy atom. The SMILES string of the molecule is CCCCCCCOc1ccc(-c2ccc(C(=O)OCCCCOC(C)=O)cc2)cc1. The van der Waals surface area contributed by atoms with Crippen LogP contribution in [0.5, 0.6) is 5.75 Å². The molecule has 0 aliphatic rings. The van der Waals surface area contributed by atoms with Crippen LogP contribution in [0.3, 0.4) is 0 Å². The lowest BCUT2D eigenvalue weighted by Crippen LogP contribution is -2.07. The molecule has 2 rings (SSSR count). The third kappa shape index (κ3) is 9.69. The molecule has 0 atom stereocenters. The summed E-state index contributed by atoms with van der Waals surface area (Å²) < 4.78 is 15.9. The Balaban J connectivity index is 1.74. The Morgan fingerprint density at radius 2 is 1.23 bits per heavy atom. The van der Waals surface area contributed by atoms with Crippen LogP contribution >= 0.6 is 0 Å². The number of hydrogen-bond acceptors (Lipinski definition) is 5. The van der Waals surface area contributed by atoms with Crippen molar-refractivity contribution in [2.24, 2.45) is 0 Å². The number of hydrogen-bond donors (Lipinski definition) is 0. The molecular weight excluding hydrogens is 392 g/mol. The first-order chi connectivity index (χ1) is 15.1. The fourth-order valence-electron chi connectivity index (χ4n) is 3.11. The molecule has 168 valence electrons. The van der Waals surface area contributed by atoms with Crippen molar-refractivity contribution in [1.29, 1.82) is 0 Å². The van der Waals surface area contributed by atoms with Crippen molar-refractivity contribution in [3.63, 3.8) is 0 Å². The molecule has 0 heterocycles. The zero-order valence-corrected chi connectivity index (χ0v) is 18.7. The first kappa shape index (κ1) is 24.4. The monoisotopic (exact) mass is 426 g/mol. The summed E-state index contributed by atoms with van der Waals surface area (Å²) in [5.74, 6) is 0.243. The van der Waals surface area contributed by atoms with E-state index in [1.165, 1.54) is 32.6 Å². The van der Waals surface area contributed by atoms with Gasteiger partial charge in [-0.1, -0.05) is 56.9 Å². The van der Waals surface area contributed by atoms with E-state index < -0.39 is 0 Å². The van der Waals surface area contributed by atoms with Gasteiger partial charge in [-0.15, -0.1) is 0 Å². The molecule has 0 N–H and O–H groups in total. The van der Waals surface area contributed by atoms with Gasteiger partial charge in [0.25, 0.3) is 0 Å². The molecule has 0 aromatic heterocycles. The van der Waals surface area contributed by atoms with Crippen LogP contribution < -0.4 is 4.74 Å². The normalized spacial score (nSPS) is 10.5. The minimum Gasteiger partial charge on any atom is -0.494 e. The Bertz CT molecular complexity index is 780. The van der Waals surface area contributed by atoms with Crippen molar-refractivity contribution in [3.05, 3.63) is 54.1 Å². The van der Waals surface area contributed by atoms with Gasteiger partial charge in [0.05, 0.1) is 25.4 Å². The second-order valence-corrected chi connectivity index (χ2v) is 7.55. The van der Waals surface area contributed by atoms with E-state index in [9.17, 15) is 9.59 Å². The average Bonchev–Trinajstić information content (AvgIpc) is 2.78. The van der Waals surface area contributed by atoms with Gasteiger partial charge >= 0.3 is 11.9 Å². The highest BCUT2D eigenvalue weighted by atomic mass is 16.5. The van der Waals surface area contributed by atoms with Gasteiger partial charge in [0.1, 0.15) is 5.75 Å². The van der Waals surface area contributed by atoms with Gasteiger partial charge in [-0.3, -0.25) is 4.79 Å². The minimum absolute atomic E-state index is 0.294. The maximum atomic E-state index is 12.1. The molecule has 0 saturated heterocycles. The fraction of sp³-hybridized carbons (Fsp3) is 0.462. The largest absolute Gasteiger partial charge is 0.494 e. The molecule has 0 bridgehead atoms. The average molecular weight is 427 g/mol. The highest BCUT2D eigenvalue weighted by Gasteiger charge is 2.08. The van der Waals surface area contributed by atoms with Crippen molar-refractivity contribution < 1.29 is 23.8 Å². The summed E-state index contributed by atoms with van der Waals surface area (Å²) in [5, 5.41) is 0. The van der Waals surface area contributed by atoms with E-state index in [-0.39, 0.29) is 11.9 Å². The molecule has 0 spiro atoms. The van der Waals surface area contributed by atoms with E-state index in [2.05, 4.69) is 6.92 Å². The summed E-state index contributed by atoms with van der Waals surface area (Å²) >= 11 is 0. The summed E-state index contributed by atoms with van der Waals surface area (Å²) in [5.41, 5.74) is 2.62. The molecule has 2 aromatic rings. The number of esters is 2. The highest BCUT2D eigenvalue weighted by molar-refractivity contribution is 5.90. The molecule has 0 aliphatic carbocycles. The quantitative estimate of drug-likeness (QED) is 0.266. The Kier molecular flexibility index (Phi) is 11.2. The molecule has 0 amide bonds. The number of unbranched alkanes of at least 4 members (excludes halogenated alkanes) is 5.